The van der Waals surface area contributed by atoms with Crippen molar-refractivity contribution in [2.24, 2.45) is 0 Å². The molecular formula is C23H29N5O2. The number of hydrogen-bond acceptors (Lipinski definition) is 5. The van der Waals surface area contributed by atoms with Crippen molar-refractivity contribution in [2.75, 3.05) is 26.2 Å². The summed E-state index contributed by atoms with van der Waals surface area (Å²) in [5.41, 5.74) is 1.71. The number of hydrogen-bond donors (Lipinski definition) is 2. The number of likely N-dealkylation sites (N-methyl/N-ethyl adjacent to an activating group) is 1. The van der Waals surface area contributed by atoms with Gasteiger partial charge in [0, 0.05) is 44.0 Å². The molecule has 7 heteroatoms. The molecule has 0 saturated carbocycles. The zero-order chi connectivity index (χ0) is 21.0. The normalized spacial score (nSPS) is 19.9. The van der Waals surface area contributed by atoms with Gasteiger partial charge in [0.1, 0.15) is 0 Å². The maximum Gasteiger partial charge on any atom is 0.274 e. The third-order valence-corrected chi connectivity index (χ3v) is 6.00. The van der Waals surface area contributed by atoms with Crippen LogP contribution in [0.3, 0.4) is 0 Å². The lowest BCUT2D eigenvalue weighted by Gasteiger charge is -2.33. The van der Waals surface area contributed by atoms with Crippen molar-refractivity contribution >= 4 is 16.8 Å². The number of amides is 1. The summed E-state index contributed by atoms with van der Waals surface area (Å²) in [6.07, 6.45) is 5.62. The van der Waals surface area contributed by atoms with Crippen LogP contribution in [-0.2, 0) is 6.54 Å². The molecule has 3 heterocycles. The number of pyridine rings is 1. The summed E-state index contributed by atoms with van der Waals surface area (Å²) in [6.45, 7) is 5.51. The van der Waals surface area contributed by atoms with E-state index in [-0.39, 0.29) is 5.91 Å². The minimum Gasteiger partial charge on any atom is -0.388 e. The zero-order valence-electron chi connectivity index (χ0n) is 17.4. The Hall–Kier alpha value is -2.77. The van der Waals surface area contributed by atoms with Gasteiger partial charge in [0.2, 0.25) is 0 Å². The molecule has 1 aliphatic heterocycles. The molecule has 1 atom stereocenters. The van der Waals surface area contributed by atoms with Crippen molar-refractivity contribution in [1.29, 1.82) is 0 Å². The van der Waals surface area contributed by atoms with E-state index in [0.29, 0.717) is 38.2 Å². The Morgan fingerprint density at radius 1 is 1.20 bits per heavy atom. The van der Waals surface area contributed by atoms with Gasteiger partial charge in [-0.2, -0.15) is 5.10 Å². The first-order chi connectivity index (χ1) is 14.6. The second-order valence-corrected chi connectivity index (χ2v) is 8.15. The average molecular weight is 408 g/mol. The van der Waals surface area contributed by atoms with Crippen LogP contribution in [0.4, 0.5) is 0 Å². The van der Waals surface area contributed by atoms with E-state index in [1.165, 1.54) is 5.56 Å². The molecule has 1 aliphatic rings. The first-order valence-corrected chi connectivity index (χ1v) is 10.6. The number of carbonyl (C=O) groups is 1. The van der Waals surface area contributed by atoms with Crippen LogP contribution in [0.25, 0.3) is 10.9 Å². The number of fused-ring (bicyclic) bond motifs is 1. The van der Waals surface area contributed by atoms with Gasteiger partial charge in [-0.15, -0.1) is 0 Å². The summed E-state index contributed by atoms with van der Waals surface area (Å²) >= 11 is 0. The molecule has 30 heavy (non-hydrogen) atoms. The lowest BCUT2D eigenvalue weighted by atomic mass is 9.94. The van der Waals surface area contributed by atoms with Crippen molar-refractivity contribution < 1.29 is 9.90 Å². The Balaban J connectivity index is 1.41. The third kappa shape index (κ3) is 4.52. The molecule has 1 unspecified atom stereocenters. The number of aromatic amines is 1. The summed E-state index contributed by atoms with van der Waals surface area (Å²) in [4.78, 5) is 21.3. The van der Waals surface area contributed by atoms with Gasteiger partial charge in [-0.05, 0) is 49.6 Å². The van der Waals surface area contributed by atoms with Gasteiger partial charge in [-0.1, -0.05) is 25.1 Å². The van der Waals surface area contributed by atoms with E-state index in [2.05, 4.69) is 27.0 Å². The molecule has 0 aliphatic carbocycles. The van der Waals surface area contributed by atoms with Crippen LogP contribution in [0, 0.1) is 0 Å². The van der Waals surface area contributed by atoms with Crippen LogP contribution < -0.4 is 0 Å². The van der Waals surface area contributed by atoms with E-state index in [1.54, 1.807) is 12.4 Å². The van der Waals surface area contributed by atoms with Crippen LogP contribution in [-0.4, -0.2) is 67.8 Å². The molecule has 1 amide bonds. The number of carbonyl (C=O) groups excluding carboxylic acids is 1. The molecule has 3 aromatic rings. The standard InChI is InChI=1S/C23H29N5O2/c1-2-27(16-18-8-12-24-13-9-18)17-23(30)10-5-14-28(15-11-23)22(29)21-19-6-3-4-7-20(19)25-26-21/h3-4,6-9,12-13,30H,2,5,10-11,14-17H2,1H3,(H,25,26). The van der Waals surface area contributed by atoms with Crippen LogP contribution in [0.15, 0.2) is 48.8 Å². The number of rotatable bonds is 6. The molecule has 7 nitrogen and oxygen atoms in total. The predicted molar refractivity (Wildman–Crippen MR) is 116 cm³/mol. The number of H-pyrrole nitrogens is 1. The molecule has 2 N–H and O–H groups in total. The van der Waals surface area contributed by atoms with Crippen molar-refractivity contribution in [3.8, 4) is 0 Å². The number of nitrogens with zero attached hydrogens (tertiary/aromatic N) is 4. The maximum atomic E-state index is 13.1. The van der Waals surface area contributed by atoms with Gasteiger partial charge in [-0.25, -0.2) is 0 Å². The summed E-state index contributed by atoms with van der Waals surface area (Å²) in [5, 5.41) is 19.4. The van der Waals surface area contributed by atoms with E-state index in [0.717, 1.165) is 30.4 Å². The van der Waals surface area contributed by atoms with Crippen LogP contribution in [0.1, 0.15) is 42.2 Å². The highest BCUT2D eigenvalue weighted by Gasteiger charge is 2.34. The topological polar surface area (TPSA) is 85.3 Å². The highest BCUT2D eigenvalue weighted by molar-refractivity contribution is 6.04. The summed E-state index contributed by atoms with van der Waals surface area (Å²) in [5.74, 6) is -0.0687. The van der Waals surface area contributed by atoms with Crippen LogP contribution in [0.2, 0.25) is 0 Å². The minimum absolute atomic E-state index is 0.0687. The van der Waals surface area contributed by atoms with Crippen LogP contribution in [0.5, 0.6) is 0 Å². The van der Waals surface area contributed by atoms with Gasteiger partial charge in [-0.3, -0.25) is 19.8 Å². The number of likely N-dealkylation sites (tertiary alicyclic amines) is 1. The summed E-state index contributed by atoms with van der Waals surface area (Å²) in [6, 6.07) is 11.7. The molecule has 1 saturated heterocycles. The summed E-state index contributed by atoms with van der Waals surface area (Å²) < 4.78 is 0. The first-order valence-electron chi connectivity index (χ1n) is 10.6. The summed E-state index contributed by atoms with van der Waals surface area (Å²) in [7, 11) is 0. The molecule has 0 radical (unpaired) electrons. The molecule has 1 aromatic carbocycles. The second-order valence-electron chi connectivity index (χ2n) is 8.15. The Morgan fingerprint density at radius 3 is 2.80 bits per heavy atom. The zero-order valence-corrected chi connectivity index (χ0v) is 17.4. The average Bonchev–Trinajstić information content (AvgIpc) is 3.10. The molecule has 158 valence electrons. The van der Waals surface area contributed by atoms with E-state index in [1.807, 2.05) is 41.3 Å². The highest BCUT2D eigenvalue weighted by Crippen LogP contribution is 2.26. The van der Waals surface area contributed by atoms with Gasteiger partial charge < -0.3 is 10.0 Å². The lowest BCUT2D eigenvalue weighted by Crippen LogP contribution is -2.43. The quantitative estimate of drug-likeness (QED) is 0.656. The maximum absolute atomic E-state index is 13.1. The fourth-order valence-corrected chi connectivity index (χ4v) is 4.26. The van der Waals surface area contributed by atoms with Gasteiger partial charge in [0.15, 0.2) is 5.69 Å². The Labute approximate surface area is 176 Å². The van der Waals surface area contributed by atoms with Crippen molar-refractivity contribution in [3.05, 3.63) is 60.0 Å². The Kier molecular flexibility index (Phi) is 6.11. The number of aromatic nitrogens is 3. The van der Waals surface area contributed by atoms with E-state index in [9.17, 15) is 9.90 Å². The fraction of sp³-hybridized carbons (Fsp3) is 0.435. The first kappa shape index (κ1) is 20.5. The Morgan fingerprint density at radius 2 is 2.00 bits per heavy atom. The molecular weight excluding hydrogens is 378 g/mol. The number of nitrogens with one attached hydrogen (secondary N) is 1. The van der Waals surface area contributed by atoms with E-state index < -0.39 is 5.60 Å². The minimum atomic E-state index is -0.800. The molecule has 2 aromatic heterocycles. The fourth-order valence-electron chi connectivity index (χ4n) is 4.26. The molecule has 1 fully saturated rings. The number of para-hydroxylation sites is 1. The monoisotopic (exact) mass is 407 g/mol. The predicted octanol–water partition coefficient (Wildman–Crippen LogP) is 2.84. The van der Waals surface area contributed by atoms with Crippen molar-refractivity contribution in [1.82, 2.24) is 25.0 Å². The smallest absolute Gasteiger partial charge is 0.274 e. The van der Waals surface area contributed by atoms with E-state index >= 15 is 0 Å². The Bertz CT molecular complexity index is 989. The second kappa shape index (κ2) is 8.93. The van der Waals surface area contributed by atoms with E-state index in [4.69, 9.17) is 0 Å². The van der Waals surface area contributed by atoms with Gasteiger partial charge >= 0.3 is 0 Å². The van der Waals surface area contributed by atoms with Crippen molar-refractivity contribution in [3.63, 3.8) is 0 Å². The molecule has 0 bridgehead atoms. The lowest BCUT2D eigenvalue weighted by molar-refractivity contribution is -0.00928. The SMILES string of the molecule is CCN(Cc1ccncc1)CC1(O)CCCN(C(=O)c2n[nH]c3ccccc23)CC1. The molecule has 4 rings (SSSR count). The van der Waals surface area contributed by atoms with Gasteiger partial charge in [0.25, 0.3) is 5.91 Å². The third-order valence-electron chi connectivity index (χ3n) is 6.00. The number of aliphatic hydroxyl groups is 1. The number of benzene rings is 1. The highest BCUT2D eigenvalue weighted by atomic mass is 16.3. The molecule has 0 spiro atoms. The van der Waals surface area contributed by atoms with Crippen molar-refractivity contribution in [2.45, 2.75) is 38.3 Å². The van der Waals surface area contributed by atoms with Crippen LogP contribution >= 0.6 is 0 Å². The van der Waals surface area contributed by atoms with Gasteiger partial charge in [0.05, 0.1) is 11.1 Å². The largest absolute Gasteiger partial charge is 0.388 e.